The maximum absolute atomic E-state index is 12.0. The van der Waals surface area contributed by atoms with E-state index in [1.807, 2.05) is 0 Å². The quantitative estimate of drug-likeness (QED) is 0.197. The second-order valence-electron chi connectivity index (χ2n) is 6.75. The highest BCUT2D eigenvalue weighted by Crippen LogP contribution is 2.17. The van der Waals surface area contributed by atoms with Gasteiger partial charge in [-0.15, -0.1) is 0 Å². The first-order valence-corrected chi connectivity index (χ1v) is 14.6. The second-order valence-corrected chi connectivity index (χ2v) is 11.8. The van der Waals surface area contributed by atoms with E-state index in [-0.39, 0.29) is 23.0 Å². The van der Waals surface area contributed by atoms with E-state index >= 15 is 0 Å². The van der Waals surface area contributed by atoms with Crippen LogP contribution in [0.3, 0.4) is 0 Å². The number of hydrogen-bond acceptors (Lipinski definition) is 8. The molecule has 0 aliphatic carbocycles. The van der Waals surface area contributed by atoms with Gasteiger partial charge in [0.15, 0.2) is 0 Å². The third-order valence-electron chi connectivity index (χ3n) is 4.12. The van der Waals surface area contributed by atoms with Crippen molar-refractivity contribution in [2.75, 3.05) is 39.6 Å². The third kappa shape index (κ3) is 11.0. The van der Waals surface area contributed by atoms with Gasteiger partial charge < -0.3 is 9.47 Å². The fourth-order valence-corrected chi connectivity index (χ4v) is 4.88. The molecule has 184 valence electrons. The molecule has 12 heteroatoms. The van der Waals surface area contributed by atoms with Crippen LogP contribution in [0.5, 0.6) is 0 Å². The van der Waals surface area contributed by atoms with Gasteiger partial charge in [0.05, 0.1) is 23.0 Å². The summed E-state index contributed by atoms with van der Waals surface area (Å²) in [5, 5.41) is 0. The first-order valence-electron chi connectivity index (χ1n) is 10.2. The van der Waals surface area contributed by atoms with Gasteiger partial charge in [0.2, 0.25) is 0 Å². The summed E-state index contributed by atoms with van der Waals surface area (Å²) >= 11 is 6.51. The standard InChI is InChI=1S/C21H26Br2O8S2/c22-18-4-8-20(9-5-18)32(24,25)30-16-2-14-28-12-1-13-29-15-3-17-31-33(26,27)21-10-6-19(23)7-11-21/h4-11H,1-3,12-17H2. The molecule has 0 radical (unpaired) electrons. The van der Waals surface area contributed by atoms with Gasteiger partial charge in [-0.2, -0.15) is 16.8 Å². The van der Waals surface area contributed by atoms with Crippen molar-refractivity contribution in [1.82, 2.24) is 0 Å². The average Bonchev–Trinajstić information content (AvgIpc) is 2.77. The highest BCUT2D eigenvalue weighted by molar-refractivity contribution is 9.10. The Hall–Kier alpha value is -0.860. The van der Waals surface area contributed by atoms with Gasteiger partial charge >= 0.3 is 0 Å². The Kier molecular flexibility index (Phi) is 12.5. The van der Waals surface area contributed by atoms with Crippen molar-refractivity contribution in [3.63, 3.8) is 0 Å². The Morgan fingerprint density at radius 3 is 1.15 bits per heavy atom. The Morgan fingerprint density at radius 2 is 0.818 bits per heavy atom. The molecule has 2 rings (SSSR count). The molecule has 0 saturated heterocycles. The lowest BCUT2D eigenvalue weighted by molar-refractivity contribution is 0.0736. The lowest BCUT2D eigenvalue weighted by Crippen LogP contribution is -2.11. The molecular formula is C21H26Br2O8S2. The molecule has 0 aliphatic rings. The number of rotatable bonds is 16. The Morgan fingerprint density at radius 1 is 0.515 bits per heavy atom. The summed E-state index contributed by atoms with van der Waals surface area (Å²) in [5.74, 6) is 0. The average molecular weight is 630 g/mol. The van der Waals surface area contributed by atoms with Crippen molar-refractivity contribution in [2.24, 2.45) is 0 Å². The first kappa shape index (κ1) is 28.4. The van der Waals surface area contributed by atoms with Crippen molar-refractivity contribution < 1.29 is 34.7 Å². The number of ether oxygens (including phenoxy) is 2. The summed E-state index contributed by atoms with van der Waals surface area (Å²) in [5.41, 5.74) is 0. The molecule has 0 unspecified atom stereocenters. The third-order valence-corrected chi connectivity index (χ3v) is 7.84. The molecular weight excluding hydrogens is 604 g/mol. The van der Waals surface area contributed by atoms with Crippen LogP contribution in [0.25, 0.3) is 0 Å². The molecule has 8 nitrogen and oxygen atoms in total. The zero-order valence-electron chi connectivity index (χ0n) is 17.8. The van der Waals surface area contributed by atoms with E-state index in [1.54, 1.807) is 24.3 Å². The van der Waals surface area contributed by atoms with Gasteiger partial charge in [0, 0.05) is 35.4 Å². The summed E-state index contributed by atoms with van der Waals surface area (Å²) in [4.78, 5) is 0.222. The van der Waals surface area contributed by atoms with E-state index in [4.69, 9.17) is 17.8 Å². The van der Waals surface area contributed by atoms with Crippen molar-refractivity contribution >= 4 is 52.1 Å². The molecule has 0 fully saturated rings. The predicted molar refractivity (Wildman–Crippen MR) is 130 cm³/mol. The van der Waals surface area contributed by atoms with E-state index < -0.39 is 20.2 Å². The van der Waals surface area contributed by atoms with Crippen LogP contribution in [0.2, 0.25) is 0 Å². The molecule has 0 aromatic heterocycles. The minimum absolute atomic E-state index is 0.0397. The van der Waals surface area contributed by atoms with Gasteiger partial charge in [0.1, 0.15) is 0 Å². The molecule has 0 saturated carbocycles. The summed E-state index contributed by atoms with van der Waals surface area (Å²) in [7, 11) is -7.53. The highest BCUT2D eigenvalue weighted by Gasteiger charge is 2.15. The van der Waals surface area contributed by atoms with Crippen molar-refractivity contribution in [3.05, 3.63) is 57.5 Å². The minimum atomic E-state index is -3.76. The normalized spacial score (nSPS) is 12.2. The molecule has 33 heavy (non-hydrogen) atoms. The molecule has 0 atom stereocenters. The molecule has 2 aromatic carbocycles. The van der Waals surface area contributed by atoms with Crippen molar-refractivity contribution in [2.45, 2.75) is 29.1 Å². The lowest BCUT2D eigenvalue weighted by Gasteiger charge is -2.08. The molecule has 0 aliphatic heterocycles. The topological polar surface area (TPSA) is 105 Å². The van der Waals surface area contributed by atoms with Gasteiger partial charge in [-0.05, 0) is 67.8 Å². The summed E-state index contributed by atoms with van der Waals surface area (Å²) < 4.78 is 70.5. The second kappa shape index (κ2) is 14.5. The number of benzene rings is 2. The van der Waals surface area contributed by atoms with Crippen LogP contribution in [0.4, 0.5) is 0 Å². The molecule has 0 spiro atoms. The van der Waals surface area contributed by atoms with Crippen LogP contribution in [-0.4, -0.2) is 56.5 Å². The van der Waals surface area contributed by atoms with E-state index in [0.29, 0.717) is 45.7 Å². The number of halogens is 2. The monoisotopic (exact) mass is 628 g/mol. The predicted octanol–water partition coefficient (Wildman–Crippen LogP) is 4.53. The zero-order chi connectivity index (χ0) is 24.2. The van der Waals surface area contributed by atoms with Crippen LogP contribution >= 0.6 is 31.9 Å². The molecule has 2 aromatic rings. The van der Waals surface area contributed by atoms with E-state index in [9.17, 15) is 16.8 Å². The zero-order valence-corrected chi connectivity index (χ0v) is 22.6. The minimum Gasteiger partial charge on any atom is -0.381 e. The SMILES string of the molecule is O=S(=O)(OCCCOCCCOCCCOS(=O)(=O)c1ccc(Br)cc1)c1ccc(Br)cc1. The summed E-state index contributed by atoms with van der Waals surface area (Å²) in [6.45, 7) is 1.76. The van der Waals surface area contributed by atoms with Crippen LogP contribution < -0.4 is 0 Å². The van der Waals surface area contributed by atoms with Crippen LogP contribution in [0.15, 0.2) is 67.3 Å². The molecule has 0 N–H and O–H groups in total. The maximum atomic E-state index is 12.0. The lowest BCUT2D eigenvalue weighted by atomic mass is 10.4. The molecule has 0 bridgehead atoms. The Balaban J connectivity index is 1.44. The van der Waals surface area contributed by atoms with Crippen molar-refractivity contribution in [3.8, 4) is 0 Å². The van der Waals surface area contributed by atoms with E-state index in [1.165, 1.54) is 24.3 Å². The van der Waals surface area contributed by atoms with Crippen LogP contribution in [0.1, 0.15) is 19.3 Å². The largest absolute Gasteiger partial charge is 0.381 e. The molecule has 0 amide bonds. The Bertz CT molecular complexity index is 955. The van der Waals surface area contributed by atoms with Gasteiger partial charge in [-0.1, -0.05) is 31.9 Å². The van der Waals surface area contributed by atoms with Crippen molar-refractivity contribution in [1.29, 1.82) is 0 Å². The van der Waals surface area contributed by atoms with Crippen LogP contribution in [0, 0.1) is 0 Å². The first-order chi connectivity index (χ1) is 15.7. The summed E-state index contributed by atoms with van der Waals surface area (Å²) in [6.07, 6.45) is 1.55. The van der Waals surface area contributed by atoms with E-state index in [0.717, 1.165) is 8.95 Å². The highest BCUT2D eigenvalue weighted by atomic mass is 79.9. The fourth-order valence-electron chi connectivity index (χ4n) is 2.47. The fraction of sp³-hybridized carbons (Fsp3) is 0.429. The smallest absolute Gasteiger partial charge is 0.296 e. The van der Waals surface area contributed by atoms with Gasteiger partial charge in [-0.25, -0.2) is 0 Å². The van der Waals surface area contributed by atoms with E-state index in [2.05, 4.69) is 31.9 Å². The maximum Gasteiger partial charge on any atom is 0.296 e. The molecule has 0 heterocycles. The number of hydrogen-bond donors (Lipinski definition) is 0. The van der Waals surface area contributed by atoms with Crippen LogP contribution in [-0.2, 0) is 38.1 Å². The summed E-state index contributed by atoms with van der Waals surface area (Å²) in [6, 6.07) is 12.5. The Labute approximate surface area is 212 Å². The van der Waals surface area contributed by atoms with Gasteiger partial charge in [-0.3, -0.25) is 8.37 Å². The van der Waals surface area contributed by atoms with Gasteiger partial charge in [0.25, 0.3) is 20.2 Å².